The third-order valence-electron chi connectivity index (χ3n) is 3.10. The van der Waals surface area contributed by atoms with Gasteiger partial charge in [0.1, 0.15) is 0 Å². The standard InChI is InChI=1S/C13H18N2O2S/c1-9-14-10(8-18-9)6-7-13(17)15-11-4-2-3-5-12(11)16/h6-8,11-12,16H,2-5H2,1H3,(H,15,17)/b7-6+/t11-,12-/m1/s1. The fraction of sp³-hybridized carbons (Fsp3) is 0.538. The summed E-state index contributed by atoms with van der Waals surface area (Å²) in [5.41, 5.74) is 0.803. The molecule has 0 bridgehead atoms. The SMILES string of the molecule is Cc1nc(/C=C/C(=O)N[C@@H]2CCCC[C@H]2O)cs1. The number of thiazole rings is 1. The molecule has 2 N–H and O–H groups in total. The first-order chi connectivity index (χ1) is 8.65. The van der Waals surface area contributed by atoms with Crippen molar-refractivity contribution < 1.29 is 9.90 Å². The van der Waals surface area contributed by atoms with Crippen molar-refractivity contribution in [1.82, 2.24) is 10.3 Å². The summed E-state index contributed by atoms with van der Waals surface area (Å²) in [6, 6.07) is -0.104. The molecule has 1 aliphatic carbocycles. The first-order valence-corrected chi connectivity index (χ1v) is 7.12. The number of carbonyl (C=O) groups excluding carboxylic acids is 1. The molecule has 2 atom stereocenters. The fourth-order valence-electron chi connectivity index (χ4n) is 2.13. The molecule has 1 aromatic heterocycles. The van der Waals surface area contributed by atoms with Gasteiger partial charge in [-0.3, -0.25) is 4.79 Å². The van der Waals surface area contributed by atoms with Gasteiger partial charge in [0.15, 0.2) is 0 Å². The highest BCUT2D eigenvalue weighted by Gasteiger charge is 2.23. The summed E-state index contributed by atoms with van der Waals surface area (Å²) in [4.78, 5) is 16.0. The average Bonchev–Trinajstić information content (AvgIpc) is 2.76. The number of aromatic nitrogens is 1. The van der Waals surface area contributed by atoms with E-state index in [4.69, 9.17) is 0 Å². The molecule has 1 aliphatic rings. The maximum Gasteiger partial charge on any atom is 0.244 e. The molecule has 18 heavy (non-hydrogen) atoms. The van der Waals surface area contributed by atoms with E-state index in [1.54, 1.807) is 17.4 Å². The number of carbonyl (C=O) groups is 1. The normalized spacial score (nSPS) is 24.3. The molecule has 0 saturated heterocycles. The Kier molecular flexibility index (Phi) is 4.49. The molecule has 1 saturated carbocycles. The first kappa shape index (κ1) is 13.2. The zero-order valence-electron chi connectivity index (χ0n) is 10.4. The lowest BCUT2D eigenvalue weighted by Gasteiger charge is -2.27. The largest absolute Gasteiger partial charge is 0.391 e. The summed E-state index contributed by atoms with van der Waals surface area (Å²) in [6.45, 7) is 1.93. The van der Waals surface area contributed by atoms with Gasteiger partial charge in [-0.15, -0.1) is 11.3 Å². The third kappa shape index (κ3) is 3.65. The first-order valence-electron chi connectivity index (χ1n) is 6.24. The van der Waals surface area contributed by atoms with Crippen LogP contribution >= 0.6 is 11.3 Å². The summed E-state index contributed by atoms with van der Waals surface area (Å²) in [5, 5.41) is 15.5. The molecule has 0 radical (unpaired) electrons. The number of aliphatic hydroxyl groups excluding tert-OH is 1. The molecular weight excluding hydrogens is 248 g/mol. The summed E-state index contributed by atoms with van der Waals surface area (Å²) in [7, 11) is 0. The van der Waals surface area contributed by atoms with Crippen LogP contribution in [0.3, 0.4) is 0 Å². The van der Waals surface area contributed by atoms with Gasteiger partial charge in [0.25, 0.3) is 0 Å². The van der Waals surface area contributed by atoms with E-state index in [1.165, 1.54) is 6.08 Å². The lowest BCUT2D eigenvalue weighted by molar-refractivity contribution is -0.118. The van der Waals surface area contributed by atoms with Crippen molar-refractivity contribution >= 4 is 23.3 Å². The lowest BCUT2D eigenvalue weighted by Crippen LogP contribution is -2.44. The van der Waals surface area contributed by atoms with E-state index in [9.17, 15) is 9.90 Å². The Hall–Kier alpha value is -1.20. The van der Waals surface area contributed by atoms with Crippen LogP contribution in [0.4, 0.5) is 0 Å². The molecule has 5 heteroatoms. The van der Waals surface area contributed by atoms with Crippen molar-refractivity contribution in [2.45, 2.75) is 44.8 Å². The zero-order valence-corrected chi connectivity index (χ0v) is 11.2. The molecule has 98 valence electrons. The van der Waals surface area contributed by atoms with Crippen LogP contribution in [0.1, 0.15) is 36.4 Å². The van der Waals surface area contributed by atoms with Gasteiger partial charge in [-0.1, -0.05) is 12.8 Å². The lowest BCUT2D eigenvalue weighted by atomic mass is 9.92. The van der Waals surface area contributed by atoms with Gasteiger partial charge in [-0.05, 0) is 25.8 Å². The van der Waals surface area contributed by atoms with Crippen molar-refractivity contribution in [3.05, 3.63) is 22.2 Å². The number of aliphatic hydroxyl groups is 1. The molecule has 0 aliphatic heterocycles. The number of hydrogen-bond acceptors (Lipinski definition) is 4. The highest BCUT2D eigenvalue weighted by molar-refractivity contribution is 7.09. The van der Waals surface area contributed by atoms with Crippen LogP contribution in [-0.2, 0) is 4.79 Å². The summed E-state index contributed by atoms with van der Waals surface area (Å²) in [6.07, 6.45) is 6.52. The Morgan fingerprint density at radius 3 is 3.00 bits per heavy atom. The van der Waals surface area contributed by atoms with Crippen LogP contribution in [0, 0.1) is 6.92 Å². The fourth-order valence-corrected chi connectivity index (χ4v) is 2.71. The summed E-state index contributed by atoms with van der Waals surface area (Å²) < 4.78 is 0. The number of nitrogens with one attached hydrogen (secondary N) is 1. The van der Waals surface area contributed by atoms with Crippen LogP contribution in [0.25, 0.3) is 6.08 Å². The second kappa shape index (κ2) is 6.11. The Balaban J connectivity index is 1.86. The maximum atomic E-state index is 11.7. The minimum atomic E-state index is -0.405. The molecule has 1 aromatic rings. The highest BCUT2D eigenvalue weighted by atomic mass is 32.1. The number of amides is 1. The van der Waals surface area contributed by atoms with Crippen LogP contribution < -0.4 is 5.32 Å². The van der Waals surface area contributed by atoms with Gasteiger partial charge < -0.3 is 10.4 Å². The number of nitrogens with zero attached hydrogens (tertiary/aromatic N) is 1. The van der Waals surface area contributed by atoms with Gasteiger partial charge >= 0.3 is 0 Å². The number of rotatable bonds is 3. The van der Waals surface area contributed by atoms with Crippen molar-refractivity contribution in [2.24, 2.45) is 0 Å². The van der Waals surface area contributed by atoms with E-state index in [0.717, 1.165) is 36.4 Å². The molecule has 0 spiro atoms. The Morgan fingerprint density at radius 2 is 2.33 bits per heavy atom. The van der Waals surface area contributed by atoms with E-state index in [-0.39, 0.29) is 11.9 Å². The van der Waals surface area contributed by atoms with Crippen molar-refractivity contribution in [2.75, 3.05) is 0 Å². The smallest absolute Gasteiger partial charge is 0.244 e. The molecule has 2 rings (SSSR count). The van der Waals surface area contributed by atoms with E-state index in [1.807, 2.05) is 12.3 Å². The zero-order chi connectivity index (χ0) is 13.0. The van der Waals surface area contributed by atoms with Crippen molar-refractivity contribution in [1.29, 1.82) is 0 Å². The predicted octanol–water partition coefficient (Wildman–Crippen LogP) is 1.88. The monoisotopic (exact) mass is 266 g/mol. The predicted molar refractivity (Wildman–Crippen MR) is 72.3 cm³/mol. The second-order valence-electron chi connectivity index (χ2n) is 4.59. The molecule has 0 unspecified atom stereocenters. The van der Waals surface area contributed by atoms with Crippen LogP contribution in [0.15, 0.2) is 11.5 Å². The Bertz CT molecular complexity index is 442. The minimum absolute atomic E-state index is 0.104. The Labute approximate surface area is 111 Å². The van der Waals surface area contributed by atoms with Gasteiger partial charge in [-0.25, -0.2) is 4.98 Å². The number of hydrogen-bond donors (Lipinski definition) is 2. The molecule has 1 amide bonds. The Morgan fingerprint density at radius 1 is 1.56 bits per heavy atom. The number of aryl methyl sites for hydroxylation is 1. The molecular formula is C13H18N2O2S. The van der Waals surface area contributed by atoms with E-state index >= 15 is 0 Å². The van der Waals surface area contributed by atoms with Crippen molar-refractivity contribution in [3.8, 4) is 0 Å². The third-order valence-corrected chi connectivity index (χ3v) is 3.89. The molecule has 0 aromatic carbocycles. The summed E-state index contributed by atoms with van der Waals surface area (Å²) in [5.74, 6) is -0.161. The quantitative estimate of drug-likeness (QED) is 0.821. The topological polar surface area (TPSA) is 62.2 Å². The summed E-state index contributed by atoms with van der Waals surface area (Å²) >= 11 is 1.56. The van der Waals surface area contributed by atoms with Crippen molar-refractivity contribution in [3.63, 3.8) is 0 Å². The minimum Gasteiger partial charge on any atom is -0.391 e. The van der Waals surface area contributed by atoms with E-state index in [2.05, 4.69) is 10.3 Å². The van der Waals surface area contributed by atoms with E-state index < -0.39 is 6.10 Å². The van der Waals surface area contributed by atoms with E-state index in [0.29, 0.717) is 0 Å². The average molecular weight is 266 g/mol. The van der Waals surface area contributed by atoms with Crippen LogP contribution in [-0.4, -0.2) is 28.1 Å². The molecule has 1 heterocycles. The van der Waals surface area contributed by atoms with Gasteiger partial charge in [0.05, 0.1) is 22.8 Å². The van der Waals surface area contributed by atoms with Gasteiger partial charge in [0, 0.05) is 11.5 Å². The van der Waals surface area contributed by atoms with Gasteiger partial charge in [-0.2, -0.15) is 0 Å². The van der Waals surface area contributed by atoms with Crippen LogP contribution in [0.2, 0.25) is 0 Å². The van der Waals surface area contributed by atoms with Gasteiger partial charge in [0.2, 0.25) is 5.91 Å². The molecule has 4 nitrogen and oxygen atoms in total. The highest BCUT2D eigenvalue weighted by Crippen LogP contribution is 2.18. The molecule has 1 fully saturated rings. The van der Waals surface area contributed by atoms with Crippen LogP contribution in [0.5, 0.6) is 0 Å². The maximum absolute atomic E-state index is 11.7. The second-order valence-corrected chi connectivity index (χ2v) is 5.65.